The van der Waals surface area contributed by atoms with E-state index in [2.05, 4.69) is 370 Å². The Labute approximate surface area is 710 Å². The summed E-state index contributed by atoms with van der Waals surface area (Å²) >= 11 is 0. The number of allylic oxidation sites excluding steroid dienone is 2. The average molecular weight is 1570 g/mol. The lowest BCUT2D eigenvalue weighted by atomic mass is 9.85. The lowest BCUT2D eigenvalue weighted by Crippen LogP contribution is -2.12. The summed E-state index contributed by atoms with van der Waals surface area (Å²) in [5.41, 5.74) is 27.5. The van der Waals surface area contributed by atoms with Crippen molar-refractivity contribution in [1.82, 2.24) is 15.0 Å². The molecular formula is C107H159N9. The highest BCUT2D eigenvalue weighted by atomic mass is 15.0. The average Bonchev–Trinajstić information content (AvgIpc) is 1.68. The highest BCUT2D eigenvalue weighted by Gasteiger charge is 2.22. The Kier molecular flexibility index (Phi) is 45.2. The van der Waals surface area contributed by atoms with E-state index in [0.717, 1.165) is 66.7 Å². The molecule has 632 valence electrons. The quantitative estimate of drug-likeness (QED) is 0.172. The topological polar surface area (TPSA) is 113 Å². The number of aliphatic imine (C=N–C) groups is 6. The highest BCUT2D eigenvalue weighted by molar-refractivity contribution is 6.06. The smallest absolute Gasteiger partial charge is 0.173 e. The monoisotopic (exact) mass is 1570 g/mol. The summed E-state index contributed by atoms with van der Waals surface area (Å²) in [6.45, 7) is 83.7. The van der Waals surface area contributed by atoms with Gasteiger partial charge in [0.2, 0.25) is 0 Å². The summed E-state index contributed by atoms with van der Waals surface area (Å²) < 4.78 is 0. The fourth-order valence-electron chi connectivity index (χ4n) is 11.3. The Morgan fingerprint density at radius 3 is 1.13 bits per heavy atom. The molecule has 2 aliphatic carbocycles. The summed E-state index contributed by atoms with van der Waals surface area (Å²) in [6, 6.07) is 47.9. The Balaban J connectivity index is 0.000000651. The molecule has 14 rings (SSSR count). The fraction of sp³-hybridized carbons (Fsp3) is 0.486. The zero-order valence-electron chi connectivity index (χ0n) is 80.3. The maximum Gasteiger partial charge on any atom is 0.173 e. The van der Waals surface area contributed by atoms with Crippen LogP contribution in [0.1, 0.15) is 355 Å². The molecule has 0 radical (unpaired) electrons. The summed E-state index contributed by atoms with van der Waals surface area (Å²) in [5.74, 6) is 1.60. The molecule has 7 heterocycles. The van der Waals surface area contributed by atoms with Crippen LogP contribution in [0.3, 0.4) is 0 Å². The molecule has 0 atom stereocenters. The summed E-state index contributed by atoms with van der Waals surface area (Å²) in [4.78, 5) is 38.6. The lowest BCUT2D eigenvalue weighted by Gasteiger charge is -2.19. The van der Waals surface area contributed by atoms with Gasteiger partial charge in [-0.3, -0.25) is 34.9 Å². The normalized spacial score (nSPS) is 13.1. The van der Waals surface area contributed by atoms with E-state index in [1.165, 1.54) is 89.1 Å². The van der Waals surface area contributed by atoms with Crippen molar-refractivity contribution in [3.05, 3.63) is 270 Å². The number of amidine groups is 2. The molecule has 4 aliphatic heterocycles. The lowest BCUT2D eigenvalue weighted by molar-refractivity contribution is 0.586. The molecule has 0 saturated carbocycles. The van der Waals surface area contributed by atoms with E-state index in [4.69, 9.17) is 0 Å². The maximum atomic E-state index is 4.46. The number of nitrogens with zero attached hydrogens (tertiary/aromatic N) is 9. The predicted molar refractivity (Wildman–Crippen MR) is 521 cm³/mol. The third-order valence-corrected chi connectivity index (χ3v) is 18.8. The van der Waals surface area contributed by atoms with Gasteiger partial charge < -0.3 is 0 Å². The second-order valence-corrected chi connectivity index (χ2v) is 36.1. The van der Waals surface area contributed by atoms with Crippen molar-refractivity contribution in [2.24, 2.45) is 30.0 Å². The molecular weight excluding hydrogens is 1410 g/mol. The summed E-state index contributed by atoms with van der Waals surface area (Å²) in [5, 5.41) is 0. The molecule has 0 spiro atoms. The van der Waals surface area contributed by atoms with Gasteiger partial charge in [0, 0.05) is 67.5 Å². The van der Waals surface area contributed by atoms with Crippen molar-refractivity contribution in [2.45, 2.75) is 332 Å². The maximum absolute atomic E-state index is 4.46. The molecule has 6 aliphatic rings. The standard InChI is InChI=1S/C13H16N2.C13H16.C12H15N3.3C12H15N.C11H16.C10H15N.6C2H6/c1-13(2,3)11-6-4-10(5-7-11)12-14-8-9-15-12;1-13(2,3)12-8-7-10-5-4-6-11(10)9-12;1-12(2,3)9-4-5-10(15-8-9)11-13-6-7-14-11;1-12(2,3)11-5-4-9-7-13-8-10(9)6-11;1-12(2,3)10-5-4-9-6-7-13-11(9)8-10;1-12(2,3)10-7-9-5-4-6-11(9)13-8-10;1-9-5-7-10(8-6-9)11(2,3)4;1-8-5-6-9(7-11-8)10(2,3)4;6*1-2/h4-8H,9H2,1-3H3;4,6-9H,5H2,1-3H3;4-6,8H,7H2,1-3H3;4-6,8H,7H2,1-3H3;2*4-5,7-8H,6H2,1-3H3;5-8H,1-4H3;5-7H,1-4H3;6*1-2H3. The van der Waals surface area contributed by atoms with Crippen molar-refractivity contribution in [2.75, 3.05) is 13.1 Å². The van der Waals surface area contributed by atoms with Crippen LogP contribution >= 0.6 is 0 Å². The highest BCUT2D eigenvalue weighted by Crippen LogP contribution is 2.34. The number of aromatic nitrogens is 3. The van der Waals surface area contributed by atoms with Crippen LogP contribution in [0, 0.1) is 13.8 Å². The Morgan fingerprint density at radius 2 is 0.681 bits per heavy atom. The van der Waals surface area contributed by atoms with Crippen LogP contribution in [0.15, 0.2) is 194 Å². The zero-order valence-corrected chi connectivity index (χ0v) is 80.3. The van der Waals surface area contributed by atoms with Gasteiger partial charge in [0.05, 0.1) is 31.0 Å². The Bertz CT molecular complexity index is 3960. The third kappa shape index (κ3) is 36.3. The largest absolute Gasteiger partial charge is 0.288 e. The predicted octanol–water partition coefficient (Wildman–Crippen LogP) is 29.8. The van der Waals surface area contributed by atoms with E-state index in [1.807, 2.05) is 133 Å². The van der Waals surface area contributed by atoms with Crippen molar-refractivity contribution in [1.29, 1.82) is 0 Å². The first-order valence-electron chi connectivity index (χ1n) is 43.4. The van der Waals surface area contributed by atoms with Gasteiger partial charge in [0.1, 0.15) is 5.69 Å². The van der Waals surface area contributed by atoms with E-state index in [1.54, 1.807) is 6.21 Å². The second-order valence-electron chi connectivity index (χ2n) is 36.1. The minimum Gasteiger partial charge on any atom is -0.288 e. The number of aryl methyl sites for hydroxylation is 2. The van der Waals surface area contributed by atoms with Crippen LogP contribution in [-0.2, 0) is 69.1 Å². The van der Waals surface area contributed by atoms with Crippen molar-refractivity contribution in [3.63, 3.8) is 0 Å². The van der Waals surface area contributed by atoms with Crippen LogP contribution in [0.5, 0.6) is 0 Å². The summed E-state index contributed by atoms with van der Waals surface area (Å²) in [7, 11) is 0. The van der Waals surface area contributed by atoms with Crippen LogP contribution in [-0.4, -0.2) is 64.6 Å². The molecule has 0 N–H and O–H groups in total. The first-order valence-corrected chi connectivity index (χ1v) is 43.4. The molecule has 8 aromatic rings. The molecule has 0 amide bonds. The van der Waals surface area contributed by atoms with Crippen LogP contribution < -0.4 is 0 Å². The van der Waals surface area contributed by atoms with E-state index in [-0.39, 0.29) is 43.3 Å². The molecule has 9 nitrogen and oxygen atoms in total. The third-order valence-electron chi connectivity index (χ3n) is 18.8. The minimum atomic E-state index is 0.145. The molecule has 0 fully saturated rings. The minimum absolute atomic E-state index is 0.145. The van der Waals surface area contributed by atoms with Gasteiger partial charge in [0.15, 0.2) is 11.7 Å². The van der Waals surface area contributed by atoms with E-state index in [0.29, 0.717) is 6.54 Å². The Hall–Kier alpha value is -8.95. The Morgan fingerprint density at radius 1 is 0.293 bits per heavy atom. The van der Waals surface area contributed by atoms with Gasteiger partial charge >= 0.3 is 0 Å². The van der Waals surface area contributed by atoms with Crippen LogP contribution in [0.2, 0.25) is 0 Å². The van der Waals surface area contributed by atoms with Gasteiger partial charge in [-0.1, -0.05) is 382 Å². The van der Waals surface area contributed by atoms with Gasteiger partial charge in [0.25, 0.3) is 0 Å². The SMILES string of the molecule is CC.CC.CC.CC.CC.CC.CC(C)(C)c1ccc(C2=NCC=N2)cc1.CC(C)(C)c1ccc(C2=NCC=N2)nc1.CC(C)(C)c1ccc2c(c1)C=CC2.CC(C)(C)c1ccc2c(c1)C=NC2.CC(C)(C)c1ccc2c(c1)N=CC2.CC(C)(C)c1cnc2c(c1)C=CC2.Cc1ccc(C(C)(C)C)cc1.Cc1ccc(C(C)(C)C)cn1. The number of rotatable bonds is 2. The van der Waals surface area contributed by atoms with Gasteiger partial charge in [-0.2, -0.15) is 0 Å². The molecule has 3 aromatic heterocycles. The fourth-order valence-corrected chi connectivity index (χ4v) is 11.3. The molecule has 0 saturated heterocycles. The van der Waals surface area contributed by atoms with Gasteiger partial charge in [-0.15, -0.1) is 0 Å². The molecule has 116 heavy (non-hydrogen) atoms. The van der Waals surface area contributed by atoms with Crippen LogP contribution in [0.25, 0.3) is 12.2 Å². The summed E-state index contributed by atoms with van der Waals surface area (Å²) in [6.07, 6.45) is 25.4. The first-order chi connectivity index (χ1) is 54.4. The molecule has 0 bridgehead atoms. The first kappa shape index (κ1) is 105. The van der Waals surface area contributed by atoms with E-state index in [9.17, 15) is 0 Å². The second kappa shape index (κ2) is 50.0. The van der Waals surface area contributed by atoms with Crippen LogP contribution in [0.4, 0.5) is 5.69 Å². The van der Waals surface area contributed by atoms with Gasteiger partial charge in [-0.05, 0) is 172 Å². The van der Waals surface area contributed by atoms with Gasteiger partial charge in [-0.25, -0.2) is 9.98 Å². The van der Waals surface area contributed by atoms with E-state index < -0.39 is 0 Å². The molecule has 5 aromatic carbocycles. The number of benzene rings is 5. The van der Waals surface area contributed by atoms with E-state index >= 15 is 0 Å². The number of hydrogen-bond acceptors (Lipinski definition) is 9. The zero-order chi connectivity index (χ0) is 88.6. The number of hydrogen-bond donors (Lipinski definition) is 0. The van der Waals surface area contributed by atoms with Crippen molar-refractivity contribution < 1.29 is 0 Å². The van der Waals surface area contributed by atoms with Crippen molar-refractivity contribution >= 4 is 54.4 Å². The van der Waals surface area contributed by atoms with Crippen molar-refractivity contribution in [3.8, 4) is 0 Å². The molecule has 0 unspecified atom stereocenters. The number of fused-ring (bicyclic) bond motifs is 4. The molecule has 9 heteroatoms. The number of pyridine rings is 3.